The minimum atomic E-state index is -4.99. The number of aliphatic hydroxyl groups is 1. The second-order valence-electron chi connectivity index (χ2n) is 9.70. The third-order valence-electron chi connectivity index (χ3n) is 6.77. The van der Waals surface area contributed by atoms with Crippen LogP contribution in [-0.4, -0.2) is 38.1 Å². The number of rotatable bonds is 7. The molecule has 0 aromatic heterocycles. The molecule has 3 aromatic rings. The molecule has 1 saturated carbocycles. The Kier molecular flexibility index (Phi) is 8.96. The molecule has 2 N–H and O–H groups in total. The average Bonchev–Trinajstić information content (AvgIpc) is 2.90. The summed E-state index contributed by atoms with van der Waals surface area (Å²) in [5, 5.41) is 11.3. The van der Waals surface area contributed by atoms with E-state index in [1.807, 2.05) is 0 Å². The number of nitrogens with zero attached hydrogens (tertiary/aromatic N) is 1. The molecule has 0 unspecified atom stereocenters. The van der Waals surface area contributed by atoms with Gasteiger partial charge in [-0.1, -0.05) is 0 Å². The molecule has 0 bridgehead atoms. The Hall–Kier alpha value is -3.50. The summed E-state index contributed by atoms with van der Waals surface area (Å²) >= 11 is 0. The number of alkyl halides is 9. The number of nitrogens with one attached hydrogen (secondary N) is 1. The average molecular weight is 643 g/mol. The number of benzene rings is 3. The Morgan fingerprint density at radius 2 is 1.19 bits per heavy atom. The normalized spacial score (nSPS) is 20.1. The smallest absolute Gasteiger partial charge is 0.406 e. The molecule has 1 aliphatic rings. The van der Waals surface area contributed by atoms with Crippen LogP contribution in [0, 0.1) is 0 Å². The highest BCUT2D eigenvalue weighted by molar-refractivity contribution is 7.89. The van der Waals surface area contributed by atoms with Crippen LogP contribution < -0.4 is 14.4 Å². The first kappa shape index (κ1) is 32.4. The summed E-state index contributed by atoms with van der Waals surface area (Å²) in [6.45, 7) is 0. The molecular weight excluding hydrogens is 619 g/mol. The lowest BCUT2D eigenvalue weighted by atomic mass is 9.87. The highest BCUT2D eigenvalue weighted by atomic mass is 32.2. The van der Waals surface area contributed by atoms with Crippen molar-refractivity contribution in [3.63, 3.8) is 0 Å². The monoisotopic (exact) mass is 642 g/mol. The van der Waals surface area contributed by atoms with Crippen LogP contribution >= 0.6 is 0 Å². The quantitative estimate of drug-likeness (QED) is 0.271. The maximum absolute atomic E-state index is 13.2. The van der Waals surface area contributed by atoms with E-state index in [0.29, 0.717) is 6.42 Å². The number of aliphatic hydroxyl groups excluding tert-OH is 1. The second kappa shape index (κ2) is 11.9. The molecule has 4 rings (SSSR count). The molecule has 3 atom stereocenters. The first-order chi connectivity index (χ1) is 19.8. The molecule has 43 heavy (non-hydrogen) atoms. The molecule has 0 amide bonds. The van der Waals surface area contributed by atoms with Crippen molar-refractivity contribution in [1.82, 2.24) is 4.72 Å². The maximum atomic E-state index is 13.2. The lowest BCUT2D eigenvalue weighted by Gasteiger charge is -2.42. The van der Waals surface area contributed by atoms with E-state index in [-0.39, 0.29) is 24.2 Å². The van der Waals surface area contributed by atoms with E-state index in [0.717, 1.165) is 72.8 Å². The zero-order valence-electron chi connectivity index (χ0n) is 21.7. The number of ether oxygens (including phenoxy) is 1. The summed E-state index contributed by atoms with van der Waals surface area (Å²) in [4.78, 5) is 0.910. The predicted octanol–water partition coefficient (Wildman–Crippen LogP) is 7.02. The van der Waals surface area contributed by atoms with Gasteiger partial charge < -0.3 is 14.7 Å². The number of hydrogen-bond donors (Lipinski definition) is 2. The molecular formula is C27H23F9N2O4S. The van der Waals surface area contributed by atoms with Gasteiger partial charge in [-0.05, 0) is 92.1 Å². The molecule has 6 nitrogen and oxygen atoms in total. The topological polar surface area (TPSA) is 78.9 Å². The minimum absolute atomic E-state index is 0.0977. The van der Waals surface area contributed by atoms with E-state index in [1.165, 1.54) is 4.90 Å². The van der Waals surface area contributed by atoms with E-state index >= 15 is 0 Å². The Labute approximate surface area is 239 Å². The minimum Gasteiger partial charge on any atom is -0.406 e. The molecule has 0 radical (unpaired) electrons. The molecule has 3 aromatic carbocycles. The van der Waals surface area contributed by atoms with Gasteiger partial charge in [-0.3, -0.25) is 0 Å². The van der Waals surface area contributed by atoms with Gasteiger partial charge in [-0.2, -0.15) is 26.3 Å². The zero-order chi connectivity index (χ0) is 31.8. The Morgan fingerprint density at radius 1 is 0.721 bits per heavy atom. The third kappa shape index (κ3) is 7.92. The summed E-state index contributed by atoms with van der Waals surface area (Å²) in [5.74, 6) is -0.659. The zero-order valence-corrected chi connectivity index (χ0v) is 22.5. The Morgan fingerprint density at radius 3 is 1.60 bits per heavy atom. The lowest BCUT2D eigenvalue weighted by Crippen LogP contribution is -2.55. The van der Waals surface area contributed by atoms with Gasteiger partial charge in [0.1, 0.15) is 5.75 Å². The number of hydrogen-bond acceptors (Lipinski definition) is 5. The van der Waals surface area contributed by atoms with Gasteiger partial charge in [0.2, 0.25) is 10.0 Å². The van der Waals surface area contributed by atoms with Crippen molar-refractivity contribution in [3.05, 3.63) is 83.9 Å². The molecule has 1 fully saturated rings. The van der Waals surface area contributed by atoms with Gasteiger partial charge >= 0.3 is 18.7 Å². The maximum Gasteiger partial charge on any atom is 0.573 e. The number of halogens is 9. The summed E-state index contributed by atoms with van der Waals surface area (Å²) in [6, 6.07) is 8.59. The highest BCUT2D eigenvalue weighted by Crippen LogP contribution is 2.39. The first-order valence-electron chi connectivity index (χ1n) is 12.6. The van der Waals surface area contributed by atoms with Gasteiger partial charge in [0.05, 0.1) is 34.2 Å². The van der Waals surface area contributed by atoms with Crippen LogP contribution in [0.3, 0.4) is 0 Å². The molecule has 0 saturated heterocycles. The predicted molar refractivity (Wildman–Crippen MR) is 136 cm³/mol. The van der Waals surface area contributed by atoms with Crippen LogP contribution in [-0.2, 0) is 22.4 Å². The van der Waals surface area contributed by atoms with Crippen LogP contribution in [0.2, 0.25) is 0 Å². The van der Waals surface area contributed by atoms with Crippen molar-refractivity contribution >= 4 is 21.4 Å². The summed E-state index contributed by atoms with van der Waals surface area (Å²) in [5.41, 5.74) is -1.77. The Bertz CT molecular complexity index is 1430. The third-order valence-corrected chi connectivity index (χ3v) is 8.28. The fourth-order valence-corrected chi connectivity index (χ4v) is 6.10. The number of sulfonamides is 1. The van der Waals surface area contributed by atoms with Crippen molar-refractivity contribution in [2.75, 3.05) is 4.90 Å². The largest absolute Gasteiger partial charge is 0.573 e. The van der Waals surface area contributed by atoms with Crippen LogP contribution in [0.5, 0.6) is 5.75 Å². The van der Waals surface area contributed by atoms with Gasteiger partial charge in [0.15, 0.2) is 0 Å². The van der Waals surface area contributed by atoms with Crippen molar-refractivity contribution in [2.45, 2.75) is 61.1 Å². The standard InChI is InChI=1S/C27H23F9N2O4S/c28-25(29,30)16-4-8-18(9-5-16)38(19-10-6-17(7-11-19)26(31,32)33)23-3-1-2-22(24(23)39)37-43(40,41)21-14-12-20(13-15-21)42-27(34,35)36/h4-15,22-24,37,39H,1-3H2/t22-,23+,24+/m0/s1. The van der Waals surface area contributed by atoms with Crippen LogP contribution in [0.4, 0.5) is 50.9 Å². The van der Waals surface area contributed by atoms with E-state index in [2.05, 4.69) is 9.46 Å². The summed E-state index contributed by atoms with van der Waals surface area (Å²) in [7, 11) is -4.39. The van der Waals surface area contributed by atoms with Crippen molar-refractivity contribution in [1.29, 1.82) is 0 Å². The van der Waals surface area contributed by atoms with E-state index in [1.54, 1.807) is 0 Å². The van der Waals surface area contributed by atoms with Crippen molar-refractivity contribution in [3.8, 4) is 5.75 Å². The van der Waals surface area contributed by atoms with Gasteiger partial charge in [0, 0.05) is 11.4 Å². The summed E-state index contributed by atoms with van der Waals surface area (Å²) < 4.78 is 148. The van der Waals surface area contributed by atoms with Crippen molar-refractivity contribution < 1.29 is 57.8 Å². The fraction of sp³-hybridized carbons (Fsp3) is 0.333. The number of anilines is 2. The van der Waals surface area contributed by atoms with Crippen LogP contribution in [0.1, 0.15) is 30.4 Å². The van der Waals surface area contributed by atoms with Crippen molar-refractivity contribution in [2.24, 2.45) is 0 Å². The van der Waals surface area contributed by atoms with Crippen LogP contribution in [0.25, 0.3) is 0 Å². The van der Waals surface area contributed by atoms with Gasteiger partial charge in [-0.15, -0.1) is 13.2 Å². The van der Waals surface area contributed by atoms with Gasteiger partial charge in [-0.25, -0.2) is 13.1 Å². The molecule has 234 valence electrons. The van der Waals surface area contributed by atoms with E-state index in [9.17, 15) is 53.0 Å². The SMILES string of the molecule is O=S(=O)(N[C@H]1CCC[C@@H](N(c2ccc(C(F)(F)F)cc2)c2ccc(C(F)(F)F)cc2)[C@@H]1O)c1ccc(OC(F)(F)F)cc1. The Balaban J connectivity index is 1.64. The fourth-order valence-electron chi connectivity index (χ4n) is 4.81. The molecule has 1 aliphatic carbocycles. The lowest BCUT2D eigenvalue weighted by molar-refractivity contribution is -0.274. The summed E-state index contributed by atoms with van der Waals surface area (Å²) in [6.07, 6.45) is -15.2. The molecule has 0 heterocycles. The molecule has 0 aliphatic heterocycles. The molecule has 16 heteroatoms. The highest BCUT2D eigenvalue weighted by Gasteiger charge is 2.40. The first-order valence-corrected chi connectivity index (χ1v) is 14.0. The molecule has 0 spiro atoms. The van der Waals surface area contributed by atoms with E-state index in [4.69, 9.17) is 0 Å². The van der Waals surface area contributed by atoms with Crippen LogP contribution in [0.15, 0.2) is 77.7 Å². The second-order valence-corrected chi connectivity index (χ2v) is 11.4. The van der Waals surface area contributed by atoms with Gasteiger partial charge in [0.25, 0.3) is 0 Å². The van der Waals surface area contributed by atoms with E-state index < -0.39 is 68.7 Å².